The van der Waals surface area contributed by atoms with E-state index in [-0.39, 0.29) is 17.7 Å². The zero-order valence-corrected chi connectivity index (χ0v) is 13.3. The number of halogens is 2. The van der Waals surface area contributed by atoms with Gasteiger partial charge in [0, 0.05) is 4.88 Å². The monoisotopic (exact) mass is 325 g/mol. The smallest absolute Gasteiger partial charge is 0.387 e. The molecule has 22 heavy (non-hydrogen) atoms. The number of hydrogen-bond acceptors (Lipinski definition) is 3. The highest BCUT2D eigenvalue weighted by molar-refractivity contribution is 7.14. The number of aryl methyl sites for hydroxylation is 2. The SMILES string of the molecule is Cc1cc(C(=O)NC(C)c2cccc(OC(F)F)c2)sc1C. The first-order chi connectivity index (χ1) is 10.4. The fourth-order valence-corrected chi connectivity index (χ4v) is 2.93. The van der Waals surface area contributed by atoms with Gasteiger partial charge in [-0.05, 0) is 50.1 Å². The molecule has 0 saturated carbocycles. The molecule has 1 amide bonds. The number of hydrogen-bond donors (Lipinski definition) is 1. The fraction of sp³-hybridized carbons (Fsp3) is 0.312. The molecule has 1 unspecified atom stereocenters. The molecule has 0 aliphatic heterocycles. The van der Waals surface area contributed by atoms with Crippen LogP contribution in [-0.2, 0) is 0 Å². The molecule has 2 aromatic rings. The van der Waals surface area contributed by atoms with Crippen LogP contribution in [0.2, 0.25) is 0 Å². The van der Waals surface area contributed by atoms with Crippen LogP contribution < -0.4 is 10.1 Å². The van der Waals surface area contributed by atoms with E-state index in [0.29, 0.717) is 10.4 Å². The lowest BCUT2D eigenvalue weighted by Crippen LogP contribution is -2.25. The quantitative estimate of drug-likeness (QED) is 0.881. The number of amides is 1. The average Bonchev–Trinajstić information content (AvgIpc) is 2.78. The van der Waals surface area contributed by atoms with E-state index in [0.717, 1.165) is 10.4 Å². The Morgan fingerprint density at radius 1 is 1.27 bits per heavy atom. The number of carbonyl (C=O) groups excluding carboxylic acids is 1. The summed E-state index contributed by atoms with van der Waals surface area (Å²) in [5.41, 5.74) is 1.78. The molecular formula is C16H17F2NO2S. The van der Waals surface area contributed by atoms with E-state index in [9.17, 15) is 13.6 Å². The Balaban J connectivity index is 2.08. The molecule has 0 aliphatic rings. The summed E-state index contributed by atoms with van der Waals surface area (Å²) in [6.07, 6.45) is 0. The third-order valence-electron chi connectivity index (χ3n) is 3.32. The number of ether oxygens (including phenoxy) is 1. The fourth-order valence-electron chi connectivity index (χ4n) is 2.00. The van der Waals surface area contributed by atoms with E-state index in [1.165, 1.54) is 23.5 Å². The summed E-state index contributed by atoms with van der Waals surface area (Å²) in [6.45, 7) is 2.85. The Bertz CT molecular complexity index is 650. The average molecular weight is 325 g/mol. The van der Waals surface area contributed by atoms with Crippen LogP contribution in [0.25, 0.3) is 0 Å². The van der Waals surface area contributed by atoms with Crippen LogP contribution in [0.4, 0.5) is 8.78 Å². The van der Waals surface area contributed by atoms with E-state index in [4.69, 9.17) is 0 Å². The topological polar surface area (TPSA) is 38.3 Å². The van der Waals surface area contributed by atoms with Gasteiger partial charge >= 0.3 is 6.61 Å². The zero-order valence-electron chi connectivity index (χ0n) is 12.5. The van der Waals surface area contributed by atoms with E-state index in [2.05, 4.69) is 10.1 Å². The standard InChI is InChI=1S/C16H17F2NO2S/c1-9-7-14(22-11(9)3)15(20)19-10(2)12-5-4-6-13(8-12)21-16(17)18/h4-8,10,16H,1-3H3,(H,19,20). The van der Waals surface area contributed by atoms with Crippen molar-refractivity contribution >= 4 is 17.2 Å². The Labute approximate surface area is 131 Å². The minimum atomic E-state index is -2.86. The van der Waals surface area contributed by atoms with Gasteiger partial charge in [0.25, 0.3) is 5.91 Å². The minimum Gasteiger partial charge on any atom is -0.435 e. The van der Waals surface area contributed by atoms with E-state index in [1.54, 1.807) is 19.1 Å². The molecule has 1 heterocycles. The molecule has 0 bridgehead atoms. The summed E-state index contributed by atoms with van der Waals surface area (Å²) in [5, 5.41) is 2.86. The first-order valence-electron chi connectivity index (χ1n) is 6.79. The van der Waals surface area contributed by atoms with Crippen molar-refractivity contribution in [2.75, 3.05) is 0 Å². The van der Waals surface area contributed by atoms with Gasteiger partial charge < -0.3 is 10.1 Å². The van der Waals surface area contributed by atoms with Gasteiger partial charge in [-0.1, -0.05) is 12.1 Å². The molecular weight excluding hydrogens is 308 g/mol. The van der Waals surface area contributed by atoms with Crippen molar-refractivity contribution in [3.05, 3.63) is 51.2 Å². The van der Waals surface area contributed by atoms with Gasteiger partial charge in [0.1, 0.15) is 5.75 Å². The van der Waals surface area contributed by atoms with Crippen molar-refractivity contribution in [1.29, 1.82) is 0 Å². The van der Waals surface area contributed by atoms with Crippen molar-refractivity contribution in [1.82, 2.24) is 5.32 Å². The van der Waals surface area contributed by atoms with Crippen molar-refractivity contribution in [2.24, 2.45) is 0 Å². The zero-order chi connectivity index (χ0) is 16.3. The van der Waals surface area contributed by atoms with Crippen LogP contribution in [0.15, 0.2) is 30.3 Å². The molecule has 118 valence electrons. The summed E-state index contributed by atoms with van der Waals surface area (Å²) in [6, 6.07) is 7.87. The molecule has 1 aromatic heterocycles. The van der Waals surface area contributed by atoms with Gasteiger partial charge in [-0.3, -0.25) is 4.79 Å². The molecule has 1 atom stereocenters. The van der Waals surface area contributed by atoms with E-state index < -0.39 is 6.61 Å². The maximum atomic E-state index is 12.2. The Morgan fingerprint density at radius 2 is 2.00 bits per heavy atom. The van der Waals surface area contributed by atoms with Gasteiger partial charge in [-0.2, -0.15) is 8.78 Å². The third-order valence-corrected chi connectivity index (χ3v) is 4.47. The second kappa shape index (κ2) is 6.87. The third kappa shape index (κ3) is 4.04. The molecule has 3 nitrogen and oxygen atoms in total. The molecule has 0 radical (unpaired) electrons. The molecule has 1 aromatic carbocycles. The molecule has 0 saturated heterocycles. The lowest BCUT2D eigenvalue weighted by Gasteiger charge is -2.15. The van der Waals surface area contributed by atoms with Crippen LogP contribution >= 0.6 is 11.3 Å². The van der Waals surface area contributed by atoms with Crippen LogP contribution in [0.3, 0.4) is 0 Å². The molecule has 0 spiro atoms. The molecule has 0 fully saturated rings. The summed E-state index contributed by atoms with van der Waals surface area (Å²) in [5.74, 6) is -0.0923. The second-order valence-electron chi connectivity index (χ2n) is 5.00. The predicted molar refractivity (Wildman–Crippen MR) is 82.7 cm³/mol. The number of rotatable bonds is 5. The van der Waals surface area contributed by atoms with Gasteiger partial charge in [0.05, 0.1) is 10.9 Å². The summed E-state index contributed by atoms with van der Waals surface area (Å²) in [7, 11) is 0. The van der Waals surface area contributed by atoms with Crippen molar-refractivity contribution < 1.29 is 18.3 Å². The Morgan fingerprint density at radius 3 is 2.59 bits per heavy atom. The highest BCUT2D eigenvalue weighted by Gasteiger charge is 2.15. The number of alkyl halides is 2. The Hall–Kier alpha value is -1.95. The Kier molecular flexibility index (Phi) is 5.13. The van der Waals surface area contributed by atoms with E-state index in [1.807, 2.05) is 19.9 Å². The lowest BCUT2D eigenvalue weighted by atomic mass is 10.1. The van der Waals surface area contributed by atoms with Crippen molar-refractivity contribution in [3.63, 3.8) is 0 Å². The highest BCUT2D eigenvalue weighted by atomic mass is 32.1. The summed E-state index contributed by atoms with van der Waals surface area (Å²) >= 11 is 1.44. The molecule has 0 aliphatic carbocycles. The lowest BCUT2D eigenvalue weighted by molar-refractivity contribution is -0.0499. The largest absolute Gasteiger partial charge is 0.435 e. The summed E-state index contributed by atoms with van der Waals surface area (Å²) in [4.78, 5) is 13.9. The second-order valence-corrected chi connectivity index (χ2v) is 6.25. The van der Waals surface area contributed by atoms with Crippen LogP contribution in [0.1, 0.15) is 38.6 Å². The first-order valence-corrected chi connectivity index (χ1v) is 7.61. The number of benzene rings is 1. The van der Waals surface area contributed by atoms with Crippen LogP contribution in [0, 0.1) is 13.8 Å². The molecule has 1 N–H and O–H groups in total. The summed E-state index contributed by atoms with van der Waals surface area (Å²) < 4.78 is 28.8. The predicted octanol–water partition coefficient (Wildman–Crippen LogP) is 4.46. The normalized spacial score (nSPS) is 12.3. The van der Waals surface area contributed by atoms with Crippen molar-refractivity contribution in [3.8, 4) is 5.75 Å². The first kappa shape index (κ1) is 16.4. The minimum absolute atomic E-state index is 0.0800. The molecule has 6 heteroatoms. The maximum absolute atomic E-state index is 12.2. The number of thiophene rings is 1. The number of carbonyl (C=O) groups is 1. The van der Waals surface area contributed by atoms with Crippen LogP contribution in [-0.4, -0.2) is 12.5 Å². The van der Waals surface area contributed by atoms with Crippen molar-refractivity contribution in [2.45, 2.75) is 33.4 Å². The number of nitrogens with one attached hydrogen (secondary N) is 1. The highest BCUT2D eigenvalue weighted by Crippen LogP contribution is 2.23. The maximum Gasteiger partial charge on any atom is 0.387 e. The van der Waals surface area contributed by atoms with Gasteiger partial charge in [0.15, 0.2) is 0 Å². The van der Waals surface area contributed by atoms with Gasteiger partial charge in [0.2, 0.25) is 0 Å². The molecule has 2 rings (SSSR count). The van der Waals surface area contributed by atoms with Crippen LogP contribution in [0.5, 0.6) is 5.75 Å². The van der Waals surface area contributed by atoms with E-state index >= 15 is 0 Å². The van der Waals surface area contributed by atoms with Gasteiger partial charge in [-0.25, -0.2) is 0 Å². The van der Waals surface area contributed by atoms with Gasteiger partial charge in [-0.15, -0.1) is 11.3 Å².